The quantitative estimate of drug-likeness (QED) is 0.439. The molecule has 22 heavy (non-hydrogen) atoms. The first-order valence-electron chi connectivity index (χ1n) is 5.81. The van der Waals surface area contributed by atoms with Crippen molar-refractivity contribution in [3.05, 3.63) is 51.1 Å². The Bertz CT molecular complexity index is 895. The highest BCUT2D eigenvalue weighted by Gasteiger charge is 2.21. The van der Waals surface area contributed by atoms with Crippen molar-refractivity contribution in [1.29, 1.82) is 0 Å². The first-order chi connectivity index (χ1) is 10.6. The second kappa shape index (κ2) is 5.37. The summed E-state index contributed by atoms with van der Waals surface area (Å²) in [7, 11) is 0. The Kier molecular flexibility index (Phi) is 3.39. The minimum absolute atomic E-state index is 0.241. The number of nitro groups is 2. The molecule has 10 nitrogen and oxygen atoms in total. The van der Waals surface area contributed by atoms with Crippen LogP contribution in [0.1, 0.15) is 0 Å². The van der Waals surface area contributed by atoms with Crippen molar-refractivity contribution in [1.82, 2.24) is 19.9 Å². The second-order valence-corrected chi connectivity index (χ2v) is 5.08. The van der Waals surface area contributed by atoms with Gasteiger partial charge in [-0.1, -0.05) is 11.8 Å². The zero-order valence-corrected chi connectivity index (χ0v) is 11.5. The highest BCUT2D eigenvalue weighted by atomic mass is 32.2. The largest absolute Gasteiger partial charge is 0.341 e. The smallest absolute Gasteiger partial charge is 0.290 e. The van der Waals surface area contributed by atoms with Crippen molar-refractivity contribution in [3.8, 4) is 0 Å². The lowest BCUT2D eigenvalue weighted by atomic mass is 10.3. The van der Waals surface area contributed by atoms with Crippen LogP contribution in [0.25, 0.3) is 11.2 Å². The van der Waals surface area contributed by atoms with E-state index in [1.807, 2.05) is 0 Å². The Balaban J connectivity index is 2.07. The van der Waals surface area contributed by atoms with Gasteiger partial charge in [-0.3, -0.25) is 20.2 Å². The number of rotatable bonds is 4. The van der Waals surface area contributed by atoms with Crippen LogP contribution in [0.4, 0.5) is 11.4 Å². The molecule has 3 rings (SSSR count). The minimum atomic E-state index is -0.681. The fourth-order valence-corrected chi connectivity index (χ4v) is 2.71. The van der Waals surface area contributed by atoms with Crippen LogP contribution in [0.5, 0.6) is 0 Å². The number of imidazole rings is 1. The van der Waals surface area contributed by atoms with Crippen LogP contribution in [-0.2, 0) is 0 Å². The van der Waals surface area contributed by atoms with E-state index in [-0.39, 0.29) is 16.3 Å². The molecule has 1 aromatic carbocycles. The SMILES string of the molecule is O=[N+]([O-])c1ccc(Sc2ncnc3nc[nH]c23)c([N+](=O)[O-])c1. The lowest BCUT2D eigenvalue weighted by Gasteiger charge is -2.03. The molecule has 0 atom stereocenters. The van der Waals surface area contributed by atoms with E-state index in [1.54, 1.807) is 0 Å². The summed E-state index contributed by atoms with van der Waals surface area (Å²) in [5.41, 5.74) is 0.276. The van der Waals surface area contributed by atoms with Crippen molar-refractivity contribution >= 4 is 34.3 Å². The molecule has 2 heterocycles. The Morgan fingerprint density at radius 2 is 1.91 bits per heavy atom. The number of aromatic amines is 1. The summed E-state index contributed by atoms with van der Waals surface area (Å²) in [6, 6.07) is 3.46. The third-order valence-corrected chi connectivity index (χ3v) is 3.81. The Hall–Kier alpha value is -3.08. The van der Waals surface area contributed by atoms with Gasteiger partial charge in [-0.15, -0.1) is 0 Å². The predicted molar refractivity (Wildman–Crippen MR) is 75.6 cm³/mol. The van der Waals surface area contributed by atoms with Crippen LogP contribution in [-0.4, -0.2) is 29.8 Å². The van der Waals surface area contributed by atoms with Crippen LogP contribution in [0.2, 0.25) is 0 Å². The Morgan fingerprint density at radius 1 is 1.09 bits per heavy atom. The summed E-state index contributed by atoms with van der Waals surface area (Å²) in [5.74, 6) is 0. The normalized spacial score (nSPS) is 10.7. The summed E-state index contributed by atoms with van der Waals surface area (Å²) in [6.45, 7) is 0. The molecule has 0 spiro atoms. The molecule has 0 amide bonds. The number of hydrogen-bond donors (Lipinski definition) is 1. The summed E-state index contributed by atoms with van der Waals surface area (Å²) >= 11 is 1.01. The maximum atomic E-state index is 11.1. The van der Waals surface area contributed by atoms with Gasteiger partial charge in [0.05, 0.1) is 27.1 Å². The van der Waals surface area contributed by atoms with Gasteiger partial charge in [0.2, 0.25) is 0 Å². The van der Waals surface area contributed by atoms with Crippen molar-refractivity contribution in [2.45, 2.75) is 9.92 Å². The van der Waals surface area contributed by atoms with Crippen molar-refractivity contribution < 1.29 is 9.85 Å². The van der Waals surface area contributed by atoms with Gasteiger partial charge in [-0.2, -0.15) is 0 Å². The molecule has 1 N–H and O–H groups in total. The number of aromatic nitrogens is 4. The topological polar surface area (TPSA) is 141 Å². The fourth-order valence-electron chi connectivity index (χ4n) is 1.77. The Morgan fingerprint density at radius 3 is 2.64 bits per heavy atom. The van der Waals surface area contributed by atoms with Crippen LogP contribution >= 0.6 is 11.8 Å². The summed E-state index contributed by atoms with van der Waals surface area (Å²) in [4.78, 5) is 35.6. The molecule has 0 fully saturated rings. The van der Waals surface area contributed by atoms with E-state index < -0.39 is 9.85 Å². The average Bonchev–Trinajstić information content (AvgIpc) is 2.96. The van der Waals surface area contributed by atoms with Crippen molar-refractivity contribution in [3.63, 3.8) is 0 Å². The van der Waals surface area contributed by atoms with Crippen molar-refractivity contribution in [2.24, 2.45) is 0 Å². The molecule has 2 aromatic heterocycles. The fraction of sp³-hybridized carbons (Fsp3) is 0. The molecule has 0 saturated heterocycles. The van der Waals surface area contributed by atoms with Crippen LogP contribution in [0.15, 0.2) is 40.8 Å². The van der Waals surface area contributed by atoms with E-state index in [1.165, 1.54) is 24.8 Å². The summed E-state index contributed by atoms with van der Waals surface area (Å²) in [6.07, 6.45) is 2.73. The molecule has 110 valence electrons. The lowest BCUT2D eigenvalue weighted by Crippen LogP contribution is -1.95. The van der Waals surface area contributed by atoms with Crippen LogP contribution < -0.4 is 0 Å². The molecular formula is C11H6N6O4S. The number of hydrogen-bond acceptors (Lipinski definition) is 8. The van der Waals surface area contributed by atoms with Crippen LogP contribution in [0, 0.1) is 20.2 Å². The van der Waals surface area contributed by atoms with Crippen LogP contribution in [0.3, 0.4) is 0 Å². The number of nitrogens with zero attached hydrogens (tertiary/aromatic N) is 5. The van der Waals surface area contributed by atoms with Gasteiger partial charge in [0.1, 0.15) is 16.9 Å². The van der Waals surface area contributed by atoms with Gasteiger partial charge in [0, 0.05) is 6.07 Å². The molecule has 0 aliphatic carbocycles. The van der Waals surface area contributed by atoms with E-state index in [0.717, 1.165) is 17.8 Å². The van der Waals surface area contributed by atoms with Crippen molar-refractivity contribution in [2.75, 3.05) is 0 Å². The highest BCUT2D eigenvalue weighted by Crippen LogP contribution is 2.37. The molecule has 11 heteroatoms. The third kappa shape index (κ3) is 2.44. The maximum Gasteiger partial charge on any atom is 0.290 e. The van der Waals surface area contributed by atoms with E-state index in [9.17, 15) is 20.2 Å². The minimum Gasteiger partial charge on any atom is -0.341 e. The second-order valence-electron chi connectivity index (χ2n) is 4.05. The first kappa shape index (κ1) is 13.9. The van der Waals surface area contributed by atoms with E-state index in [0.29, 0.717) is 16.2 Å². The highest BCUT2D eigenvalue weighted by molar-refractivity contribution is 7.99. The lowest BCUT2D eigenvalue weighted by molar-refractivity contribution is -0.396. The van der Waals surface area contributed by atoms with Gasteiger partial charge in [-0.05, 0) is 6.07 Å². The first-order valence-corrected chi connectivity index (χ1v) is 6.62. The average molecular weight is 318 g/mol. The molecule has 0 radical (unpaired) electrons. The standard InChI is InChI=1S/C11H6N6O4S/c18-16(19)6-1-2-8(7(3-6)17(20)21)22-11-9-10(13-4-12-9)14-5-15-11/h1-5H,(H,12,13,14,15). The zero-order valence-electron chi connectivity index (χ0n) is 10.7. The monoisotopic (exact) mass is 318 g/mol. The molecule has 0 unspecified atom stereocenters. The number of nitro benzene ring substituents is 2. The number of fused-ring (bicyclic) bond motifs is 1. The summed E-state index contributed by atoms with van der Waals surface area (Å²) < 4.78 is 0. The molecular weight excluding hydrogens is 312 g/mol. The molecule has 0 saturated carbocycles. The third-order valence-electron chi connectivity index (χ3n) is 2.74. The van der Waals surface area contributed by atoms with Gasteiger partial charge < -0.3 is 4.98 Å². The molecule has 0 bridgehead atoms. The predicted octanol–water partition coefficient (Wildman–Crippen LogP) is 2.32. The van der Waals surface area contributed by atoms with E-state index in [4.69, 9.17) is 0 Å². The van der Waals surface area contributed by atoms with Gasteiger partial charge >= 0.3 is 0 Å². The zero-order chi connectivity index (χ0) is 15.7. The maximum absolute atomic E-state index is 11.1. The van der Waals surface area contributed by atoms with Gasteiger partial charge in [-0.25, -0.2) is 15.0 Å². The van der Waals surface area contributed by atoms with Gasteiger partial charge in [0.15, 0.2) is 5.65 Å². The number of non-ortho nitro benzene ring substituents is 1. The number of benzene rings is 1. The molecule has 0 aliphatic rings. The number of nitrogens with one attached hydrogen (secondary N) is 1. The Labute approximate surface area is 125 Å². The summed E-state index contributed by atoms with van der Waals surface area (Å²) in [5, 5.41) is 22.3. The molecule has 3 aromatic rings. The van der Waals surface area contributed by atoms with Gasteiger partial charge in [0.25, 0.3) is 11.4 Å². The number of H-pyrrole nitrogens is 1. The van der Waals surface area contributed by atoms with E-state index >= 15 is 0 Å². The van der Waals surface area contributed by atoms with E-state index in [2.05, 4.69) is 19.9 Å². The molecule has 0 aliphatic heterocycles.